The van der Waals surface area contributed by atoms with Crippen LogP contribution in [0.2, 0.25) is 0 Å². The number of hydrogen-bond donors (Lipinski definition) is 0. The van der Waals surface area contributed by atoms with Crippen molar-refractivity contribution in [2.75, 3.05) is 4.43 Å². The Morgan fingerprint density at radius 3 is 2.54 bits per heavy atom. The highest BCUT2D eigenvalue weighted by molar-refractivity contribution is 14.1. The minimum absolute atomic E-state index is 0.764. The summed E-state index contributed by atoms with van der Waals surface area (Å²) < 4.78 is 1.13. The maximum Gasteiger partial charge on any atom is 0.0203 e. The van der Waals surface area contributed by atoms with Crippen LogP contribution in [0.5, 0.6) is 0 Å². The number of unbranched alkanes of at least 4 members (excludes halogenated alkanes) is 2. The molecule has 13 heavy (non-hydrogen) atoms. The molecule has 1 aliphatic carbocycles. The largest absolute Gasteiger partial charge is 0.0991 e. The van der Waals surface area contributed by atoms with E-state index in [1.165, 1.54) is 50.5 Å². The fourth-order valence-corrected chi connectivity index (χ4v) is 2.02. The second-order valence-electron chi connectivity index (χ2n) is 4.75. The van der Waals surface area contributed by atoms with Crippen molar-refractivity contribution in [3.05, 3.63) is 12.2 Å². The van der Waals surface area contributed by atoms with Gasteiger partial charge in [-0.3, -0.25) is 0 Å². The highest BCUT2D eigenvalue weighted by Gasteiger charge is 2.35. The molecule has 0 heterocycles. The van der Waals surface area contributed by atoms with Gasteiger partial charge >= 0.3 is 0 Å². The Hall–Kier alpha value is 0.470. The minimum atomic E-state index is 0.764. The first-order valence-electron chi connectivity index (χ1n) is 5.39. The molecule has 0 atom stereocenters. The van der Waals surface area contributed by atoms with Gasteiger partial charge in [-0.05, 0) is 37.5 Å². The lowest BCUT2D eigenvalue weighted by Gasteiger charge is -2.07. The molecule has 0 radical (unpaired) electrons. The summed E-state index contributed by atoms with van der Waals surface area (Å²) in [6.07, 6.45) is 9.87. The van der Waals surface area contributed by atoms with Gasteiger partial charge in [0.1, 0.15) is 0 Å². The van der Waals surface area contributed by atoms with Crippen molar-refractivity contribution in [2.45, 2.75) is 51.9 Å². The summed E-state index contributed by atoms with van der Waals surface area (Å²) in [5.41, 5.74) is 2.18. The number of rotatable bonds is 7. The molecule has 0 aromatic rings. The van der Waals surface area contributed by atoms with Crippen LogP contribution in [0.25, 0.3) is 0 Å². The summed E-state index contributed by atoms with van der Waals surface area (Å²) in [5, 5.41) is 0. The average molecular weight is 292 g/mol. The van der Waals surface area contributed by atoms with Gasteiger partial charge in [0.25, 0.3) is 0 Å². The first-order valence-corrected chi connectivity index (χ1v) is 6.91. The molecule has 0 aromatic heterocycles. The Kier molecular flexibility index (Phi) is 4.77. The molecule has 0 bridgehead atoms. The van der Waals surface area contributed by atoms with Crippen molar-refractivity contribution in [3.8, 4) is 0 Å². The Balaban J connectivity index is 1.87. The third-order valence-corrected chi connectivity index (χ3v) is 4.18. The van der Waals surface area contributed by atoms with E-state index in [0.29, 0.717) is 0 Å². The van der Waals surface area contributed by atoms with Gasteiger partial charge in [0.15, 0.2) is 0 Å². The van der Waals surface area contributed by atoms with Gasteiger partial charge in [-0.15, -0.1) is 0 Å². The Labute approximate surface area is 96.3 Å². The quantitative estimate of drug-likeness (QED) is 0.275. The summed E-state index contributed by atoms with van der Waals surface area (Å²) in [6.45, 7) is 6.45. The topological polar surface area (TPSA) is 0 Å². The lowest BCUT2D eigenvalue weighted by molar-refractivity contribution is 0.475. The highest BCUT2D eigenvalue weighted by atomic mass is 127. The van der Waals surface area contributed by atoms with Crippen molar-refractivity contribution >= 4 is 22.6 Å². The van der Waals surface area contributed by atoms with Gasteiger partial charge in [0.05, 0.1) is 0 Å². The van der Waals surface area contributed by atoms with Crippen LogP contribution in [-0.2, 0) is 0 Å². The normalized spacial score (nSPS) is 18.6. The van der Waals surface area contributed by atoms with E-state index in [-0.39, 0.29) is 0 Å². The molecule has 0 N–H and O–H groups in total. The van der Waals surface area contributed by atoms with Crippen LogP contribution in [-0.4, -0.2) is 4.43 Å². The molecule has 0 amide bonds. The van der Waals surface area contributed by atoms with E-state index in [9.17, 15) is 0 Å². The molecule has 0 saturated heterocycles. The second kappa shape index (κ2) is 5.38. The van der Waals surface area contributed by atoms with Crippen LogP contribution in [0, 0.1) is 5.41 Å². The average Bonchev–Trinajstić information content (AvgIpc) is 2.83. The standard InChI is InChI=1S/C12H21I/c1-11(10-13)6-4-3-5-7-12(2)8-9-12/h1,3-10H2,2H3. The zero-order valence-electron chi connectivity index (χ0n) is 8.74. The summed E-state index contributed by atoms with van der Waals surface area (Å²) in [6, 6.07) is 0. The first kappa shape index (κ1) is 11.5. The van der Waals surface area contributed by atoms with Gasteiger partial charge in [0.2, 0.25) is 0 Å². The van der Waals surface area contributed by atoms with Gasteiger partial charge in [-0.2, -0.15) is 0 Å². The van der Waals surface area contributed by atoms with E-state index in [0.717, 1.165) is 9.84 Å². The Bertz CT molecular complexity index is 168. The van der Waals surface area contributed by atoms with Crippen molar-refractivity contribution in [1.82, 2.24) is 0 Å². The van der Waals surface area contributed by atoms with E-state index < -0.39 is 0 Å². The van der Waals surface area contributed by atoms with Crippen molar-refractivity contribution in [2.24, 2.45) is 5.41 Å². The van der Waals surface area contributed by atoms with E-state index in [1.54, 1.807) is 0 Å². The molecule has 1 rings (SSSR count). The summed E-state index contributed by atoms with van der Waals surface area (Å²) in [4.78, 5) is 0. The second-order valence-corrected chi connectivity index (χ2v) is 5.52. The SMILES string of the molecule is C=C(CI)CCCCCC1(C)CC1. The van der Waals surface area contributed by atoms with Crippen molar-refractivity contribution in [1.29, 1.82) is 0 Å². The molecular weight excluding hydrogens is 271 g/mol. The van der Waals surface area contributed by atoms with Crippen LogP contribution in [0.4, 0.5) is 0 Å². The molecule has 0 nitrogen and oxygen atoms in total. The van der Waals surface area contributed by atoms with E-state index in [4.69, 9.17) is 0 Å². The number of halogens is 1. The van der Waals surface area contributed by atoms with E-state index in [1.807, 2.05) is 0 Å². The number of alkyl halides is 1. The van der Waals surface area contributed by atoms with E-state index in [2.05, 4.69) is 36.1 Å². The third-order valence-electron chi connectivity index (χ3n) is 3.10. The van der Waals surface area contributed by atoms with Gasteiger partial charge in [-0.1, -0.05) is 54.5 Å². The maximum atomic E-state index is 4.02. The predicted molar refractivity (Wildman–Crippen MR) is 68.5 cm³/mol. The van der Waals surface area contributed by atoms with Crippen molar-refractivity contribution < 1.29 is 0 Å². The highest BCUT2D eigenvalue weighted by Crippen LogP contribution is 2.49. The molecule has 0 aromatic carbocycles. The summed E-state index contributed by atoms with van der Waals surface area (Å²) in [7, 11) is 0. The molecule has 1 aliphatic rings. The van der Waals surface area contributed by atoms with Gasteiger partial charge in [-0.25, -0.2) is 0 Å². The summed E-state index contributed by atoms with van der Waals surface area (Å²) >= 11 is 2.40. The zero-order chi connectivity index (χ0) is 9.73. The van der Waals surface area contributed by atoms with Crippen LogP contribution < -0.4 is 0 Å². The van der Waals surface area contributed by atoms with Gasteiger partial charge in [0, 0.05) is 4.43 Å². The Morgan fingerprint density at radius 2 is 2.00 bits per heavy atom. The molecule has 1 saturated carbocycles. The monoisotopic (exact) mass is 292 g/mol. The molecule has 1 fully saturated rings. The van der Waals surface area contributed by atoms with Crippen molar-refractivity contribution in [3.63, 3.8) is 0 Å². The lowest BCUT2D eigenvalue weighted by Crippen LogP contribution is -1.92. The maximum absolute atomic E-state index is 4.02. The number of allylic oxidation sites excluding steroid dienone is 1. The first-order chi connectivity index (χ1) is 6.16. The molecule has 0 aliphatic heterocycles. The molecular formula is C12H21I. The fourth-order valence-electron chi connectivity index (χ4n) is 1.63. The Morgan fingerprint density at radius 1 is 1.31 bits per heavy atom. The van der Waals surface area contributed by atoms with Crippen LogP contribution in [0.3, 0.4) is 0 Å². The zero-order valence-corrected chi connectivity index (χ0v) is 10.9. The molecule has 0 spiro atoms. The van der Waals surface area contributed by atoms with Gasteiger partial charge < -0.3 is 0 Å². The minimum Gasteiger partial charge on any atom is -0.0991 e. The van der Waals surface area contributed by atoms with Crippen LogP contribution in [0.1, 0.15) is 51.9 Å². The van der Waals surface area contributed by atoms with Crippen LogP contribution >= 0.6 is 22.6 Å². The third kappa shape index (κ3) is 5.04. The smallest absolute Gasteiger partial charge is 0.0203 e. The molecule has 76 valence electrons. The molecule has 0 unspecified atom stereocenters. The summed E-state index contributed by atoms with van der Waals surface area (Å²) in [5.74, 6) is 0. The van der Waals surface area contributed by atoms with E-state index >= 15 is 0 Å². The predicted octanol–water partition coefficient (Wildman–Crippen LogP) is 4.73. The molecule has 1 heteroatoms. The van der Waals surface area contributed by atoms with Crippen LogP contribution in [0.15, 0.2) is 12.2 Å². The fraction of sp³-hybridized carbons (Fsp3) is 0.833. The number of hydrogen-bond acceptors (Lipinski definition) is 0. The lowest BCUT2D eigenvalue weighted by atomic mass is 10.00.